The molecule has 1 aromatic carbocycles. The number of sulfone groups is 1. The number of hydrogen-bond donors (Lipinski definition) is 0. The number of nitrogens with zero attached hydrogens (tertiary/aromatic N) is 1. The summed E-state index contributed by atoms with van der Waals surface area (Å²) in [5, 5.41) is 0. The summed E-state index contributed by atoms with van der Waals surface area (Å²) in [5.41, 5.74) is 0.661. The van der Waals surface area contributed by atoms with Crippen LogP contribution in [0.2, 0.25) is 0 Å². The van der Waals surface area contributed by atoms with Gasteiger partial charge in [0.05, 0.1) is 4.90 Å². The lowest BCUT2D eigenvalue weighted by Gasteiger charge is -2.02. The van der Waals surface area contributed by atoms with Gasteiger partial charge < -0.3 is 4.74 Å². The third-order valence-corrected chi connectivity index (χ3v) is 3.55. The maximum atomic E-state index is 12.3. The molecule has 4 nitrogen and oxygen atoms in total. The highest BCUT2D eigenvalue weighted by atomic mass is 32.2. The molecule has 0 aliphatic carbocycles. The van der Waals surface area contributed by atoms with Gasteiger partial charge in [-0.2, -0.15) is 0 Å². The van der Waals surface area contributed by atoms with Crippen molar-refractivity contribution in [2.24, 2.45) is 4.99 Å². The lowest BCUT2D eigenvalue weighted by Crippen LogP contribution is -2.07. The molecule has 0 saturated carbocycles. The second kappa shape index (κ2) is 4.44. The molecule has 1 aromatic rings. The molecule has 0 bridgehead atoms. The molecular formula is C11H12FNO3S. The molecule has 1 aliphatic heterocycles. The zero-order valence-electron chi connectivity index (χ0n) is 9.26. The van der Waals surface area contributed by atoms with E-state index in [0.29, 0.717) is 11.5 Å². The van der Waals surface area contributed by atoms with E-state index in [1.165, 1.54) is 12.1 Å². The molecule has 0 spiro atoms. The highest BCUT2D eigenvalue weighted by Crippen LogP contribution is 2.15. The first-order chi connectivity index (χ1) is 8.00. The zero-order chi connectivity index (χ0) is 12.5. The minimum Gasteiger partial charge on any atom is -0.475 e. The average molecular weight is 257 g/mol. The summed E-state index contributed by atoms with van der Waals surface area (Å²) < 4.78 is 40.1. The first-order valence-corrected chi connectivity index (χ1v) is 6.97. The van der Waals surface area contributed by atoms with E-state index in [9.17, 15) is 12.8 Å². The van der Waals surface area contributed by atoms with Crippen molar-refractivity contribution >= 4 is 15.7 Å². The largest absolute Gasteiger partial charge is 0.475 e. The molecule has 17 heavy (non-hydrogen) atoms. The molecule has 6 heteroatoms. The van der Waals surface area contributed by atoms with Crippen LogP contribution < -0.4 is 0 Å². The van der Waals surface area contributed by atoms with Gasteiger partial charge in [0.15, 0.2) is 9.84 Å². The second-order valence-corrected chi connectivity index (χ2v) is 5.87. The van der Waals surface area contributed by atoms with Crippen molar-refractivity contribution in [1.82, 2.24) is 0 Å². The van der Waals surface area contributed by atoms with Gasteiger partial charge in [-0.15, -0.1) is 0 Å². The maximum Gasteiger partial charge on any atom is 0.216 e. The number of benzene rings is 1. The monoisotopic (exact) mass is 257 g/mol. The van der Waals surface area contributed by atoms with Crippen LogP contribution in [0.15, 0.2) is 34.2 Å². The number of hydrogen-bond acceptors (Lipinski definition) is 4. The first-order valence-electron chi connectivity index (χ1n) is 5.08. The predicted octanol–water partition coefficient (Wildman–Crippen LogP) is 1.21. The molecule has 0 amide bonds. The predicted molar refractivity (Wildman–Crippen MR) is 61.8 cm³/mol. The molecule has 1 aliphatic rings. The van der Waals surface area contributed by atoms with Crippen molar-refractivity contribution in [3.63, 3.8) is 0 Å². The van der Waals surface area contributed by atoms with Gasteiger partial charge in [-0.1, -0.05) is 0 Å². The SMILES string of the molecule is CS(=O)(=O)c1ccc(C2=NC(CF)CO2)cc1. The summed E-state index contributed by atoms with van der Waals surface area (Å²) in [5.74, 6) is 0.368. The van der Waals surface area contributed by atoms with Crippen LogP contribution in [0.4, 0.5) is 4.39 Å². The van der Waals surface area contributed by atoms with Gasteiger partial charge >= 0.3 is 0 Å². The molecular weight excluding hydrogens is 245 g/mol. The van der Waals surface area contributed by atoms with Gasteiger partial charge in [0.25, 0.3) is 0 Å². The van der Waals surface area contributed by atoms with Gasteiger partial charge in [-0.3, -0.25) is 0 Å². The average Bonchev–Trinajstić information content (AvgIpc) is 2.76. The Kier molecular flexibility index (Phi) is 3.15. The fraction of sp³-hybridized carbons (Fsp3) is 0.364. The molecule has 0 radical (unpaired) electrons. The zero-order valence-corrected chi connectivity index (χ0v) is 10.1. The number of halogens is 1. The Labute approximate surface area is 99.1 Å². The number of alkyl halides is 1. The van der Waals surface area contributed by atoms with E-state index in [0.717, 1.165) is 6.26 Å². The summed E-state index contributed by atoms with van der Waals surface area (Å²) in [6.45, 7) is -0.315. The molecule has 1 heterocycles. The van der Waals surface area contributed by atoms with Crippen molar-refractivity contribution in [2.45, 2.75) is 10.9 Å². The number of ether oxygens (including phenoxy) is 1. The van der Waals surface area contributed by atoms with Gasteiger partial charge in [0, 0.05) is 11.8 Å². The Morgan fingerprint density at radius 1 is 1.41 bits per heavy atom. The molecule has 1 atom stereocenters. The smallest absolute Gasteiger partial charge is 0.216 e. The summed E-state index contributed by atoms with van der Waals surface area (Å²) in [7, 11) is -3.20. The number of aliphatic imine (C=N–C) groups is 1. The normalized spacial score (nSPS) is 19.9. The van der Waals surface area contributed by atoms with Crippen LogP contribution in [0.3, 0.4) is 0 Å². The van der Waals surface area contributed by atoms with Crippen LogP contribution in [-0.4, -0.2) is 39.9 Å². The summed E-state index contributed by atoms with van der Waals surface area (Å²) in [6.07, 6.45) is 1.14. The Bertz CT molecular complexity index is 536. The summed E-state index contributed by atoms with van der Waals surface area (Å²) in [6, 6.07) is 5.74. The van der Waals surface area contributed by atoms with Crippen molar-refractivity contribution in [2.75, 3.05) is 19.5 Å². The van der Waals surface area contributed by atoms with E-state index in [1.54, 1.807) is 12.1 Å². The number of rotatable bonds is 3. The molecule has 2 rings (SSSR count). The van der Waals surface area contributed by atoms with Gasteiger partial charge in [-0.05, 0) is 24.3 Å². The fourth-order valence-corrected chi connectivity index (χ4v) is 2.13. The molecule has 0 N–H and O–H groups in total. The van der Waals surface area contributed by atoms with E-state index in [2.05, 4.69) is 4.99 Å². The van der Waals surface area contributed by atoms with Crippen LogP contribution in [0.1, 0.15) is 5.56 Å². The van der Waals surface area contributed by atoms with Crippen LogP contribution in [0, 0.1) is 0 Å². The third kappa shape index (κ3) is 2.63. The maximum absolute atomic E-state index is 12.3. The van der Waals surface area contributed by atoms with Crippen molar-refractivity contribution in [1.29, 1.82) is 0 Å². The van der Waals surface area contributed by atoms with Crippen LogP contribution in [-0.2, 0) is 14.6 Å². The summed E-state index contributed by atoms with van der Waals surface area (Å²) >= 11 is 0. The first kappa shape index (κ1) is 12.0. The molecule has 0 saturated heterocycles. The molecule has 0 aromatic heterocycles. The van der Waals surface area contributed by atoms with E-state index in [4.69, 9.17) is 4.74 Å². The highest BCUT2D eigenvalue weighted by molar-refractivity contribution is 7.90. The highest BCUT2D eigenvalue weighted by Gasteiger charge is 2.20. The van der Waals surface area contributed by atoms with E-state index < -0.39 is 22.6 Å². The third-order valence-electron chi connectivity index (χ3n) is 2.42. The quantitative estimate of drug-likeness (QED) is 0.817. The van der Waals surface area contributed by atoms with Gasteiger partial charge in [0.2, 0.25) is 5.90 Å². The van der Waals surface area contributed by atoms with Gasteiger partial charge in [-0.25, -0.2) is 17.8 Å². The standard InChI is InChI=1S/C11H12FNO3S/c1-17(14,15)10-4-2-8(3-5-10)11-13-9(6-12)7-16-11/h2-5,9H,6-7H2,1H3. The van der Waals surface area contributed by atoms with E-state index in [-0.39, 0.29) is 11.5 Å². The molecule has 0 fully saturated rings. The van der Waals surface area contributed by atoms with Crippen LogP contribution in [0.5, 0.6) is 0 Å². The Balaban J connectivity index is 2.25. The fourth-order valence-electron chi connectivity index (χ4n) is 1.50. The van der Waals surface area contributed by atoms with E-state index in [1.807, 2.05) is 0 Å². The lowest BCUT2D eigenvalue weighted by atomic mass is 10.2. The van der Waals surface area contributed by atoms with Crippen molar-refractivity contribution in [3.05, 3.63) is 29.8 Å². The van der Waals surface area contributed by atoms with Crippen molar-refractivity contribution < 1.29 is 17.5 Å². The van der Waals surface area contributed by atoms with Crippen LogP contribution >= 0.6 is 0 Å². The minimum absolute atomic E-state index is 0.236. The summed E-state index contributed by atoms with van der Waals surface area (Å²) in [4.78, 5) is 4.28. The minimum atomic E-state index is -3.20. The Morgan fingerprint density at radius 3 is 2.53 bits per heavy atom. The topological polar surface area (TPSA) is 55.7 Å². The van der Waals surface area contributed by atoms with E-state index >= 15 is 0 Å². The molecule has 92 valence electrons. The lowest BCUT2D eigenvalue weighted by molar-refractivity contribution is 0.292. The van der Waals surface area contributed by atoms with Gasteiger partial charge in [0.1, 0.15) is 19.3 Å². The Morgan fingerprint density at radius 2 is 2.06 bits per heavy atom. The molecule has 1 unspecified atom stereocenters. The second-order valence-electron chi connectivity index (χ2n) is 3.85. The Hall–Kier alpha value is -1.43. The van der Waals surface area contributed by atoms with Crippen LogP contribution in [0.25, 0.3) is 0 Å². The van der Waals surface area contributed by atoms with Crippen molar-refractivity contribution in [3.8, 4) is 0 Å².